The normalized spacial score (nSPS) is 26.6. The van der Waals surface area contributed by atoms with Crippen molar-refractivity contribution in [3.8, 4) is 0 Å². The SMILES string of the molecule is CCCC(C)N1C(=O)C(C(C)CC)NC(=O)C1C(C)C. The third kappa shape index (κ3) is 3.33. The van der Waals surface area contributed by atoms with Crippen molar-refractivity contribution in [2.45, 2.75) is 78.9 Å². The van der Waals surface area contributed by atoms with Crippen LogP contribution >= 0.6 is 0 Å². The molecule has 0 saturated carbocycles. The number of carbonyl (C=O) groups excluding carboxylic acids is 2. The molecule has 4 unspecified atom stereocenters. The molecule has 0 spiro atoms. The van der Waals surface area contributed by atoms with Gasteiger partial charge in [0.15, 0.2) is 0 Å². The van der Waals surface area contributed by atoms with Gasteiger partial charge in [0.25, 0.3) is 0 Å². The molecular formula is C16H30N2O2. The highest BCUT2D eigenvalue weighted by atomic mass is 16.2. The van der Waals surface area contributed by atoms with Crippen molar-refractivity contribution in [1.29, 1.82) is 0 Å². The molecule has 1 saturated heterocycles. The molecule has 4 atom stereocenters. The molecule has 4 nitrogen and oxygen atoms in total. The Morgan fingerprint density at radius 1 is 1.15 bits per heavy atom. The summed E-state index contributed by atoms with van der Waals surface area (Å²) >= 11 is 0. The number of hydrogen-bond donors (Lipinski definition) is 1. The number of piperazine rings is 1. The van der Waals surface area contributed by atoms with Crippen molar-refractivity contribution in [3.63, 3.8) is 0 Å². The van der Waals surface area contributed by atoms with E-state index in [1.165, 1.54) is 0 Å². The summed E-state index contributed by atoms with van der Waals surface area (Å²) in [6.07, 6.45) is 2.85. The van der Waals surface area contributed by atoms with Crippen molar-refractivity contribution in [3.05, 3.63) is 0 Å². The molecule has 1 heterocycles. The number of nitrogens with one attached hydrogen (secondary N) is 1. The third-order valence-electron chi connectivity index (χ3n) is 4.41. The van der Waals surface area contributed by atoms with Crippen LogP contribution < -0.4 is 5.32 Å². The predicted molar refractivity (Wildman–Crippen MR) is 81.2 cm³/mol. The molecule has 0 bridgehead atoms. The molecule has 2 amide bonds. The van der Waals surface area contributed by atoms with E-state index in [0.29, 0.717) is 0 Å². The van der Waals surface area contributed by atoms with E-state index in [1.54, 1.807) is 0 Å². The highest BCUT2D eigenvalue weighted by molar-refractivity contribution is 5.97. The van der Waals surface area contributed by atoms with Gasteiger partial charge in [-0.2, -0.15) is 0 Å². The second-order valence-corrected chi connectivity index (χ2v) is 6.44. The minimum Gasteiger partial charge on any atom is -0.342 e. The van der Waals surface area contributed by atoms with E-state index in [2.05, 4.69) is 26.1 Å². The van der Waals surface area contributed by atoms with E-state index in [0.717, 1.165) is 19.3 Å². The Morgan fingerprint density at radius 2 is 1.75 bits per heavy atom. The largest absolute Gasteiger partial charge is 0.342 e. The molecule has 0 aliphatic carbocycles. The van der Waals surface area contributed by atoms with Crippen molar-refractivity contribution in [2.75, 3.05) is 0 Å². The highest BCUT2D eigenvalue weighted by Crippen LogP contribution is 2.25. The Morgan fingerprint density at radius 3 is 2.20 bits per heavy atom. The average molecular weight is 282 g/mol. The highest BCUT2D eigenvalue weighted by Gasteiger charge is 2.44. The zero-order valence-corrected chi connectivity index (χ0v) is 13.8. The van der Waals surface area contributed by atoms with Crippen LogP contribution in [-0.2, 0) is 9.59 Å². The van der Waals surface area contributed by atoms with Gasteiger partial charge in [0, 0.05) is 6.04 Å². The summed E-state index contributed by atoms with van der Waals surface area (Å²) in [5.74, 6) is 0.415. The number of rotatable bonds is 6. The fourth-order valence-corrected chi connectivity index (χ4v) is 3.02. The molecule has 0 aromatic rings. The zero-order chi connectivity index (χ0) is 15.4. The fourth-order valence-electron chi connectivity index (χ4n) is 3.02. The third-order valence-corrected chi connectivity index (χ3v) is 4.41. The average Bonchev–Trinajstić information content (AvgIpc) is 2.39. The molecule has 0 aromatic heterocycles. The molecule has 1 aliphatic heterocycles. The summed E-state index contributed by atoms with van der Waals surface area (Å²) in [6.45, 7) is 12.3. The lowest BCUT2D eigenvalue weighted by Crippen LogP contribution is -2.68. The summed E-state index contributed by atoms with van der Waals surface area (Å²) in [7, 11) is 0. The number of nitrogens with zero attached hydrogens (tertiary/aromatic N) is 1. The minimum absolute atomic E-state index is 0.00727. The first-order valence-electron chi connectivity index (χ1n) is 7.97. The van der Waals surface area contributed by atoms with Crippen LogP contribution in [-0.4, -0.2) is 34.8 Å². The minimum atomic E-state index is -0.359. The van der Waals surface area contributed by atoms with Crippen LogP contribution in [0.25, 0.3) is 0 Å². The fraction of sp³-hybridized carbons (Fsp3) is 0.875. The van der Waals surface area contributed by atoms with E-state index in [1.807, 2.05) is 25.7 Å². The molecule has 20 heavy (non-hydrogen) atoms. The van der Waals surface area contributed by atoms with Gasteiger partial charge < -0.3 is 10.2 Å². The van der Waals surface area contributed by atoms with Crippen molar-refractivity contribution < 1.29 is 9.59 Å². The van der Waals surface area contributed by atoms with Crippen LogP contribution in [0.5, 0.6) is 0 Å². The van der Waals surface area contributed by atoms with Crippen molar-refractivity contribution in [2.24, 2.45) is 11.8 Å². The van der Waals surface area contributed by atoms with Gasteiger partial charge in [-0.25, -0.2) is 0 Å². The molecule has 1 rings (SSSR count). The second-order valence-electron chi connectivity index (χ2n) is 6.44. The van der Waals surface area contributed by atoms with Crippen LogP contribution in [0.15, 0.2) is 0 Å². The van der Waals surface area contributed by atoms with E-state index in [4.69, 9.17) is 0 Å². The van der Waals surface area contributed by atoms with Crippen LogP contribution in [0.4, 0.5) is 0 Å². The molecule has 0 radical (unpaired) electrons. The first-order chi connectivity index (χ1) is 9.34. The zero-order valence-electron chi connectivity index (χ0n) is 13.8. The Kier molecular flexibility index (Phi) is 6.03. The lowest BCUT2D eigenvalue weighted by Gasteiger charge is -2.45. The number of amides is 2. The number of hydrogen-bond acceptors (Lipinski definition) is 2. The summed E-state index contributed by atoms with van der Waals surface area (Å²) < 4.78 is 0. The maximum Gasteiger partial charge on any atom is 0.246 e. The molecule has 1 fully saturated rings. The Labute approximate surface area is 123 Å². The predicted octanol–water partition coefficient (Wildman–Crippen LogP) is 2.57. The van der Waals surface area contributed by atoms with Gasteiger partial charge in [-0.15, -0.1) is 0 Å². The van der Waals surface area contributed by atoms with Crippen LogP contribution in [0.1, 0.15) is 60.8 Å². The Hall–Kier alpha value is -1.06. The molecule has 116 valence electrons. The first-order valence-corrected chi connectivity index (χ1v) is 7.97. The lowest BCUT2D eigenvalue weighted by molar-refractivity contribution is -0.155. The maximum atomic E-state index is 12.8. The van der Waals surface area contributed by atoms with Gasteiger partial charge in [0.05, 0.1) is 0 Å². The molecule has 4 heteroatoms. The monoisotopic (exact) mass is 282 g/mol. The molecule has 1 N–H and O–H groups in total. The number of carbonyl (C=O) groups is 2. The van der Waals surface area contributed by atoms with Crippen LogP contribution in [0.3, 0.4) is 0 Å². The summed E-state index contributed by atoms with van der Waals surface area (Å²) in [5, 5.41) is 2.95. The van der Waals surface area contributed by atoms with E-state index >= 15 is 0 Å². The Balaban J connectivity index is 3.07. The van der Waals surface area contributed by atoms with E-state index in [-0.39, 0.29) is 41.8 Å². The van der Waals surface area contributed by atoms with E-state index in [9.17, 15) is 9.59 Å². The molecule has 1 aliphatic rings. The van der Waals surface area contributed by atoms with Crippen LogP contribution in [0.2, 0.25) is 0 Å². The van der Waals surface area contributed by atoms with Gasteiger partial charge in [-0.1, -0.05) is 47.5 Å². The molecule has 0 aromatic carbocycles. The molecular weight excluding hydrogens is 252 g/mol. The van der Waals surface area contributed by atoms with Crippen molar-refractivity contribution >= 4 is 11.8 Å². The van der Waals surface area contributed by atoms with Gasteiger partial charge >= 0.3 is 0 Å². The summed E-state index contributed by atoms with van der Waals surface area (Å²) in [5.41, 5.74) is 0. The van der Waals surface area contributed by atoms with Crippen LogP contribution in [0, 0.1) is 11.8 Å². The van der Waals surface area contributed by atoms with Gasteiger partial charge in [-0.05, 0) is 25.2 Å². The maximum absolute atomic E-state index is 12.8. The van der Waals surface area contributed by atoms with E-state index < -0.39 is 0 Å². The lowest BCUT2D eigenvalue weighted by atomic mass is 9.89. The second kappa shape index (κ2) is 7.09. The topological polar surface area (TPSA) is 49.4 Å². The summed E-state index contributed by atoms with van der Waals surface area (Å²) in [6, 6.07) is -0.566. The summed E-state index contributed by atoms with van der Waals surface area (Å²) in [4.78, 5) is 27.1. The standard InChI is InChI=1S/C16H30N2O2/c1-7-9-12(6)18-14(10(3)4)15(19)17-13(16(18)20)11(5)8-2/h10-14H,7-9H2,1-6H3,(H,17,19). The van der Waals surface area contributed by atoms with Crippen molar-refractivity contribution in [1.82, 2.24) is 10.2 Å². The Bertz CT molecular complexity index is 354. The smallest absolute Gasteiger partial charge is 0.246 e. The van der Waals surface area contributed by atoms with Gasteiger partial charge in [0.1, 0.15) is 12.1 Å². The van der Waals surface area contributed by atoms with Gasteiger partial charge in [-0.3, -0.25) is 9.59 Å². The van der Waals surface area contributed by atoms with Gasteiger partial charge in [0.2, 0.25) is 11.8 Å². The quantitative estimate of drug-likeness (QED) is 0.814. The first kappa shape index (κ1) is 17.0.